The molecule has 24 heavy (non-hydrogen) atoms. The summed E-state index contributed by atoms with van der Waals surface area (Å²) in [5.41, 5.74) is 1.32. The van der Waals surface area contributed by atoms with E-state index in [4.69, 9.17) is 0 Å². The monoisotopic (exact) mass is 343 g/mol. The number of carbonyl (C=O) groups excluding carboxylic acids is 1. The van der Waals surface area contributed by atoms with E-state index in [-0.39, 0.29) is 23.0 Å². The average molecular weight is 343 g/mol. The van der Waals surface area contributed by atoms with Crippen molar-refractivity contribution in [3.63, 3.8) is 0 Å². The van der Waals surface area contributed by atoms with E-state index >= 15 is 0 Å². The summed E-state index contributed by atoms with van der Waals surface area (Å²) >= 11 is 1.48. The molecule has 0 fully saturated rings. The second-order valence-corrected chi connectivity index (χ2v) is 6.23. The Morgan fingerprint density at radius 2 is 1.92 bits per heavy atom. The third kappa shape index (κ3) is 3.52. The molecular formula is C17H14FN3O2S. The van der Waals surface area contributed by atoms with E-state index in [1.54, 1.807) is 25.1 Å². The van der Waals surface area contributed by atoms with Crippen LogP contribution >= 0.6 is 11.3 Å². The molecule has 3 rings (SSSR count). The topological polar surface area (TPSA) is 77.8 Å². The summed E-state index contributed by atoms with van der Waals surface area (Å²) in [5, 5.41) is 7.57. The standard InChI is InChI=1S/C17H14FN3O2S/c1-10-16(17(23)21-20-10)19-15(22)9-7-13-6-8-14(24-13)11-2-4-12(18)5-3-11/h2-9H,1H3,(H,19,22)(H2,20,21,23)/b9-7+. The molecule has 5 nitrogen and oxygen atoms in total. The predicted octanol–water partition coefficient (Wildman–Crippen LogP) is 3.53. The number of aromatic amines is 2. The van der Waals surface area contributed by atoms with Gasteiger partial charge in [0.05, 0.1) is 5.69 Å². The summed E-state index contributed by atoms with van der Waals surface area (Å²) < 4.78 is 13.0. The Bertz CT molecular complexity index is 951. The fourth-order valence-corrected chi connectivity index (χ4v) is 3.05. The van der Waals surface area contributed by atoms with Gasteiger partial charge in [-0.2, -0.15) is 0 Å². The van der Waals surface area contributed by atoms with Crippen molar-refractivity contribution in [1.82, 2.24) is 10.2 Å². The number of amides is 1. The fourth-order valence-electron chi connectivity index (χ4n) is 2.13. The van der Waals surface area contributed by atoms with Crippen LogP contribution in [0.25, 0.3) is 16.5 Å². The van der Waals surface area contributed by atoms with E-state index in [1.165, 1.54) is 29.5 Å². The lowest BCUT2D eigenvalue weighted by Crippen LogP contribution is -2.15. The molecule has 0 aliphatic carbocycles. The molecule has 3 aromatic rings. The van der Waals surface area contributed by atoms with Gasteiger partial charge in [0.25, 0.3) is 5.56 Å². The quantitative estimate of drug-likeness (QED) is 0.634. The first-order valence-corrected chi connectivity index (χ1v) is 7.96. The van der Waals surface area contributed by atoms with Crippen LogP contribution in [0.5, 0.6) is 0 Å². The lowest BCUT2D eigenvalue weighted by Gasteiger charge is -1.97. The maximum atomic E-state index is 13.0. The van der Waals surface area contributed by atoms with Crippen molar-refractivity contribution in [2.45, 2.75) is 6.92 Å². The van der Waals surface area contributed by atoms with Gasteiger partial charge in [-0.3, -0.25) is 14.7 Å². The molecule has 0 atom stereocenters. The Morgan fingerprint density at radius 1 is 1.17 bits per heavy atom. The zero-order valence-electron chi connectivity index (χ0n) is 12.7. The summed E-state index contributed by atoms with van der Waals surface area (Å²) in [5.74, 6) is -0.665. The van der Waals surface area contributed by atoms with E-state index < -0.39 is 0 Å². The summed E-state index contributed by atoms with van der Waals surface area (Å²) in [6.45, 7) is 1.69. The van der Waals surface area contributed by atoms with E-state index in [1.807, 2.05) is 12.1 Å². The van der Waals surface area contributed by atoms with Gasteiger partial charge in [-0.25, -0.2) is 4.39 Å². The second kappa shape index (κ2) is 6.67. The summed E-state index contributed by atoms with van der Waals surface area (Å²) in [6, 6.07) is 10.0. The maximum absolute atomic E-state index is 13.0. The van der Waals surface area contributed by atoms with Gasteiger partial charge in [-0.05, 0) is 42.8 Å². The lowest BCUT2D eigenvalue weighted by molar-refractivity contribution is -0.111. The third-order valence-electron chi connectivity index (χ3n) is 3.37. The number of aryl methyl sites for hydroxylation is 1. The Labute approximate surface area is 140 Å². The smallest absolute Gasteiger partial charge is 0.287 e. The highest BCUT2D eigenvalue weighted by molar-refractivity contribution is 7.16. The number of anilines is 1. The molecule has 0 saturated heterocycles. The molecule has 2 aromatic heterocycles. The zero-order valence-corrected chi connectivity index (χ0v) is 13.5. The molecule has 0 aliphatic heterocycles. The van der Waals surface area contributed by atoms with Gasteiger partial charge in [0, 0.05) is 15.8 Å². The van der Waals surface area contributed by atoms with Crippen molar-refractivity contribution in [2.75, 3.05) is 5.32 Å². The molecule has 0 saturated carbocycles. The molecule has 1 amide bonds. The highest BCUT2D eigenvalue weighted by atomic mass is 32.1. The first-order valence-electron chi connectivity index (χ1n) is 7.15. The molecule has 0 unspecified atom stereocenters. The molecule has 1 aromatic carbocycles. The van der Waals surface area contributed by atoms with E-state index in [0.717, 1.165) is 15.3 Å². The van der Waals surface area contributed by atoms with Crippen LogP contribution in [0, 0.1) is 12.7 Å². The number of hydrogen-bond donors (Lipinski definition) is 3. The lowest BCUT2D eigenvalue weighted by atomic mass is 10.2. The van der Waals surface area contributed by atoms with Gasteiger partial charge >= 0.3 is 0 Å². The van der Waals surface area contributed by atoms with Crippen molar-refractivity contribution in [1.29, 1.82) is 0 Å². The first kappa shape index (κ1) is 15.9. The summed E-state index contributed by atoms with van der Waals surface area (Å²) in [7, 11) is 0. The molecule has 122 valence electrons. The molecule has 0 bridgehead atoms. The van der Waals surface area contributed by atoms with Gasteiger partial charge in [-0.15, -0.1) is 11.3 Å². The van der Waals surface area contributed by atoms with Crippen molar-refractivity contribution in [3.05, 3.63) is 69.2 Å². The van der Waals surface area contributed by atoms with Gasteiger partial charge in [-0.1, -0.05) is 12.1 Å². The van der Waals surface area contributed by atoms with Gasteiger partial charge in [0.2, 0.25) is 5.91 Å². The van der Waals surface area contributed by atoms with Gasteiger partial charge < -0.3 is 10.4 Å². The fraction of sp³-hybridized carbons (Fsp3) is 0.0588. The van der Waals surface area contributed by atoms with E-state index in [0.29, 0.717) is 5.69 Å². The van der Waals surface area contributed by atoms with Gasteiger partial charge in [0.15, 0.2) is 0 Å². The van der Waals surface area contributed by atoms with Crippen LogP contribution in [0.2, 0.25) is 0 Å². The van der Waals surface area contributed by atoms with Crippen molar-refractivity contribution >= 4 is 29.0 Å². The summed E-state index contributed by atoms with van der Waals surface area (Å²) in [4.78, 5) is 25.2. The van der Waals surface area contributed by atoms with Gasteiger partial charge in [0.1, 0.15) is 11.5 Å². The van der Waals surface area contributed by atoms with E-state index in [9.17, 15) is 14.0 Å². The highest BCUT2D eigenvalue weighted by Gasteiger charge is 2.08. The SMILES string of the molecule is Cc1[nH][nH]c(=O)c1NC(=O)/C=C/c1ccc(-c2ccc(F)cc2)s1. The number of carbonyl (C=O) groups is 1. The Balaban J connectivity index is 1.70. The van der Waals surface area contributed by atoms with Crippen LogP contribution in [0.4, 0.5) is 10.1 Å². The average Bonchev–Trinajstić information content (AvgIpc) is 3.16. The zero-order chi connectivity index (χ0) is 17.1. The molecule has 7 heteroatoms. The number of H-pyrrole nitrogens is 2. The predicted molar refractivity (Wildman–Crippen MR) is 93.5 cm³/mol. The molecule has 2 heterocycles. The van der Waals surface area contributed by atoms with Crippen molar-refractivity contribution < 1.29 is 9.18 Å². The van der Waals surface area contributed by atoms with Crippen LogP contribution in [0.3, 0.4) is 0 Å². The van der Waals surface area contributed by atoms with E-state index in [2.05, 4.69) is 15.5 Å². The number of nitrogens with one attached hydrogen (secondary N) is 3. The molecule has 0 aliphatic rings. The molecule has 0 spiro atoms. The van der Waals surface area contributed by atoms with Crippen molar-refractivity contribution in [3.8, 4) is 10.4 Å². The number of benzene rings is 1. The Kier molecular flexibility index (Phi) is 4.43. The minimum absolute atomic E-state index is 0.211. The first-order chi connectivity index (χ1) is 11.5. The van der Waals surface area contributed by atoms with Crippen LogP contribution in [-0.4, -0.2) is 16.1 Å². The third-order valence-corrected chi connectivity index (χ3v) is 4.47. The minimum atomic E-state index is -0.389. The van der Waals surface area contributed by atoms with Crippen LogP contribution in [-0.2, 0) is 4.79 Å². The van der Waals surface area contributed by atoms with Crippen LogP contribution < -0.4 is 10.9 Å². The molecule has 0 radical (unpaired) electrons. The number of thiophene rings is 1. The number of hydrogen-bond acceptors (Lipinski definition) is 3. The number of rotatable bonds is 4. The largest absolute Gasteiger partial charge is 0.316 e. The normalized spacial score (nSPS) is 11.1. The van der Waals surface area contributed by atoms with Crippen LogP contribution in [0.15, 0.2) is 47.3 Å². The molecule has 3 N–H and O–H groups in total. The number of aromatic nitrogens is 2. The van der Waals surface area contributed by atoms with Crippen LogP contribution in [0.1, 0.15) is 10.6 Å². The minimum Gasteiger partial charge on any atom is -0.316 e. The highest BCUT2D eigenvalue weighted by Crippen LogP contribution is 2.28. The maximum Gasteiger partial charge on any atom is 0.287 e. The number of halogens is 1. The second-order valence-electron chi connectivity index (χ2n) is 5.11. The Morgan fingerprint density at radius 3 is 2.58 bits per heavy atom. The Hall–Kier alpha value is -2.93. The van der Waals surface area contributed by atoms with Crippen molar-refractivity contribution in [2.24, 2.45) is 0 Å². The summed E-state index contributed by atoms with van der Waals surface area (Å²) in [6.07, 6.45) is 3.04. The molecular weight excluding hydrogens is 329 g/mol.